The maximum absolute atomic E-state index is 13.4. The van der Waals surface area contributed by atoms with Gasteiger partial charge >= 0.3 is 18.1 Å². The first-order chi connectivity index (χ1) is 10.8. The number of alkyl halides is 3. The Morgan fingerprint density at radius 2 is 1.70 bits per heavy atom. The number of benzene rings is 1. The van der Waals surface area contributed by atoms with Gasteiger partial charge in [-0.1, -0.05) is 30.9 Å². The van der Waals surface area contributed by atoms with Crippen molar-refractivity contribution in [2.75, 3.05) is 13.2 Å². The molecule has 0 aromatic heterocycles. The molecule has 1 aromatic rings. The second-order valence-corrected chi connectivity index (χ2v) is 4.45. The summed E-state index contributed by atoms with van der Waals surface area (Å²) in [6.45, 7) is 6.17. The van der Waals surface area contributed by atoms with Crippen molar-refractivity contribution in [1.82, 2.24) is 0 Å². The van der Waals surface area contributed by atoms with Gasteiger partial charge in [-0.05, 0) is 25.0 Å². The third kappa shape index (κ3) is 4.34. The molecule has 1 aromatic carbocycles. The predicted octanol–water partition coefficient (Wildman–Crippen LogP) is 3.56. The zero-order chi connectivity index (χ0) is 17.6. The van der Waals surface area contributed by atoms with Gasteiger partial charge in [0, 0.05) is 0 Å². The number of rotatable bonds is 6. The Morgan fingerprint density at radius 3 is 2.09 bits per heavy atom. The molecular weight excluding hydrogens is 313 g/mol. The molecule has 0 N–H and O–H groups in total. The van der Waals surface area contributed by atoms with Gasteiger partial charge < -0.3 is 9.47 Å². The highest BCUT2D eigenvalue weighted by molar-refractivity contribution is 6.01. The third-order valence-corrected chi connectivity index (χ3v) is 2.99. The highest BCUT2D eigenvalue weighted by Crippen LogP contribution is 2.39. The Morgan fingerprint density at radius 1 is 1.17 bits per heavy atom. The highest BCUT2D eigenvalue weighted by atomic mass is 19.4. The first-order valence-corrected chi connectivity index (χ1v) is 6.93. The van der Waals surface area contributed by atoms with Gasteiger partial charge in [0.05, 0.1) is 18.8 Å². The van der Waals surface area contributed by atoms with E-state index in [1.807, 2.05) is 0 Å². The van der Waals surface area contributed by atoms with Gasteiger partial charge in [-0.3, -0.25) is 9.59 Å². The zero-order valence-electron chi connectivity index (χ0n) is 12.8. The van der Waals surface area contributed by atoms with Gasteiger partial charge in [0.2, 0.25) is 0 Å². The van der Waals surface area contributed by atoms with Crippen molar-refractivity contribution in [2.45, 2.75) is 25.9 Å². The Hall–Kier alpha value is -2.31. The molecule has 23 heavy (non-hydrogen) atoms. The Balaban J connectivity index is 3.55. The Labute approximate surface area is 131 Å². The van der Waals surface area contributed by atoms with Crippen molar-refractivity contribution in [2.24, 2.45) is 0 Å². The van der Waals surface area contributed by atoms with Crippen LogP contribution < -0.4 is 0 Å². The monoisotopic (exact) mass is 330 g/mol. The van der Waals surface area contributed by atoms with Crippen LogP contribution in [0.2, 0.25) is 0 Å². The summed E-state index contributed by atoms with van der Waals surface area (Å²) >= 11 is 0. The van der Waals surface area contributed by atoms with Gasteiger partial charge in [-0.15, -0.1) is 0 Å². The van der Waals surface area contributed by atoms with Crippen LogP contribution in [0.25, 0.3) is 6.08 Å². The molecule has 0 radical (unpaired) electrons. The minimum Gasteiger partial charge on any atom is -0.465 e. The Bertz CT molecular complexity index is 575. The van der Waals surface area contributed by atoms with Crippen molar-refractivity contribution in [3.05, 3.63) is 41.5 Å². The maximum atomic E-state index is 13.4. The average Bonchev–Trinajstić information content (AvgIpc) is 2.46. The number of hydrogen-bond donors (Lipinski definition) is 0. The summed E-state index contributed by atoms with van der Waals surface area (Å²) in [7, 11) is 0. The first kappa shape index (κ1) is 18.7. The third-order valence-electron chi connectivity index (χ3n) is 2.99. The topological polar surface area (TPSA) is 52.6 Å². The summed E-state index contributed by atoms with van der Waals surface area (Å²) in [6.07, 6.45) is -3.75. The lowest BCUT2D eigenvalue weighted by Gasteiger charge is -2.21. The minimum atomic E-state index is -4.77. The fraction of sp³-hybridized carbons (Fsp3) is 0.375. The van der Waals surface area contributed by atoms with Crippen LogP contribution in [0.3, 0.4) is 0 Å². The molecular formula is C16H17F3O4. The summed E-state index contributed by atoms with van der Waals surface area (Å²) in [6, 6.07) is 3.58. The minimum absolute atomic E-state index is 0.0722. The Kier molecular flexibility index (Phi) is 6.36. The van der Waals surface area contributed by atoms with E-state index >= 15 is 0 Å². The summed E-state index contributed by atoms with van der Waals surface area (Å²) in [5.41, 5.74) is -1.83. The maximum Gasteiger partial charge on any atom is 0.417 e. The number of hydrogen-bond acceptors (Lipinski definition) is 4. The van der Waals surface area contributed by atoms with Gasteiger partial charge in [-0.25, -0.2) is 0 Å². The van der Waals surface area contributed by atoms with E-state index in [1.54, 1.807) is 0 Å². The molecule has 0 fully saturated rings. The molecule has 0 aliphatic rings. The lowest BCUT2D eigenvalue weighted by atomic mass is 9.90. The number of halogens is 3. The standard InChI is InChI=1S/C16H17F3O4/c1-4-10-8-7-9-11(13(10)16(17,18)19)12(14(20)22-5-2)15(21)23-6-3/h4,7-9,12H,1,5-6H2,2-3H3. The molecule has 4 nitrogen and oxygen atoms in total. The van der Waals surface area contributed by atoms with Gasteiger partial charge in [0.1, 0.15) is 0 Å². The predicted molar refractivity (Wildman–Crippen MR) is 77.5 cm³/mol. The van der Waals surface area contributed by atoms with E-state index in [2.05, 4.69) is 6.58 Å². The molecule has 0 unspecified atom stereocenters. The molecule has 0 bridgehead atoms. The van der Waals surface area contributed by atoms with Crippen molar-refractivity contribution in [3.8, 4) is 0 Å². The van der Waals surface area contributed by atoms with Crippen LogP contribution in [0, 0.1) is 0 Å². The molecule has 0 spiro atoms. The SMILES string of the molecule is C=Cc1cccc(C(C(=O)OCC)C(=O)OCC)c1C(F)(F)F. The molecule has 0 aliphatic carbocycles. The summed E-state index contributed by atoms with van der Waals surface area (Å²) in [4.78, 5) is 24.0. The number of esters is 2. The van der Waals surface area contributed by atoms with E-state index in [9.17, 15) is 22.8 Å². The molecule has 0 atom stereocenters. The summed E-state index contributed by atoms with van der Waals surface area (Å²) in [5.74, 6) is -3.97. The molecule has 7 heteroatoms. The number of ether oxygens (including phenoxy) is 2. The summed E-state index contributed by atoms with van der Waals surface area (Å²) < 4.78 is 49.7. The smallest absolute Gasteiger partial charge is 0.417 e. The molecule has 0 aliphatic heterocycles. The fourth-order valence-corrected chi connectivity index (χ4v) is 2.13. The highest BCUT2D eigenvalue weighted by Gasteiger charge is 2.42. The van der Waals surface area contributed by atoms with Crippen LogP contribution in [0.5, 0.6) is 0 Å². The van der Waals surface area contributed by atoms with Crippen molar-refractivity contribution >= 4 is 18.0 Å². The van der Waals surface area contributed by atoms with Crippen molar-refractivity contribution in [1.29, 1.82) is 0 Å². The molecule has 1 rings (SSSR count). The van der Waals surface area contributed by atoms with Gasteiger partial charge in [0.15, 0.2) is 5.92 Å². The normalized spacial score (nSPS) is 11.2. The van der Waals surface area contributed by atoms with Crippen LogP contribution in [-0.2, 0) is 25.2 Å². The van der Waals surface area contributed by atoms with E-state index in [0.29, 0.717) is 0 Å². The van der Waals surface area contributed by atoms with Crippen LogP contribution >= 0.6 is 0 Å². The van der Waals surface area contributed by atoms with Crippen LogP contribution in [0.15, 0.2) is 24.8 Å². The average molecular weight is 330 g/mol. The fourth-order valence-electron chi connectivity index (χ4n) is 2.13. The second kappa shape index (κ2) is 7.80. The van der Waals surface area contributed by atoms with E-state index in [4.69, 9.17) is 9.47 Å². The van der Waals surface area contributed by atoms with Crippen LogP contribution in [0.1, 0.15) is 36.5 Å². The van der Waals surface area contributed by atoms with Crippen LogP contribution in [0.4, 0.5) is 13.2 Å². The molecule has 0 saturated heterocycles. The molecule has 126 valence electrons. The molecule has 0 heterocycles. The van der Waals surface area contributed by atoms with Crippen molar-refractivity contribution in [3.63, 3.8) is 0 Å². The first-order valence-electron chi connectivity index (χ1n) is 6.93. The van der Waals surface area contributed by atoms with Gasteiger partial charge in [-0.2, -0.15) is 13.2 Å². The lowest BCUT2D eigenvalue weighted by Crippen LogP contribution is -2.29. The van der Waals surface area contributed by atoms with E-state index < -0.39 is 35.2 Å². The van der Waals surface area contributed by atoms with Crippen molar-refractivity contribution < 1.29 is 32.2 Å². The van der Waals surface area contributed by atoms with Gasteiger partial charge in [0.25, 0.3) is 0 Å². The van der Waals surface area contributed by atoms with E-state index in [0.717, 1.165) is 12.1 Å². The van der Waals surface area contributed by atoms with E-state index in [1.165, 1.54) is 26.0 Å². The number of carbonyl (C=O) groups excluding carboxylic acids is 2. The van der Waals surface area contributed by atoms with E-state index in [-0.39, 0.29) is 18.8 Å². The number of carbonyl (C=O) groups is 2. The largest absolute Gasteiger partial charge is 0.465 e. The molecule has 0 amide bonds. The van der Waals surface area contributed by atoms with Crippen LogP contribution in [-0.4, -0.2) is 25.2 Å². The molecule has 0 saturated carbocycles. The summed E-state index contributed by atoms with van der Waals surface area (Å²) in [5, 5.41) is 0. The lowest BCUT2D eigenvalue weighted by molar-refractivity contribution is -0.157. The zero-order valence-corrected chi connectivity index (χ0v) is 12.8. The quantitative estimate of drug-likeness (QED) is 0.591. The second-order valence-electron chi connectivity index (χ2n) is 4.45.